The lowest BCUT2D eigenvalue weighted by Gasteiger charge is -2.10. The minimum atomic E-state index is -0.400. The fourth-order valence-corrected chi connectivity index (χ4v) is 3.54. The molecule has 0 spiro atoms. The molecule has 1 fully saturated rings. The summed E-state index contributed by atoms with van der Waals surface area (Å²) in [5, 5.41) is 17.9. The van der Waals surface area contributed by atoms with Crippen LogP contribution in [0.4, 0.5) is 0 Å². The molecule has 20 heavy (non-hydrogen) atoms. The van der Waals surface area contributed by atoms with Gasteiger partial charge in [0.25, 0.3) is 0 Å². The average Bonchev–Trinajstić information content (AvgIpc) is 3.10. The van der Waals surface area contributed by atoms with Gasteiger partial charge in [0.05, 0.1) is 28.5 Å². The Morgan fingerprint density at radius 2 is 2.10 bits per heavy atom. The van der Waals surface area contributed by atoms with Crippen LogP contribution in [0.3, 0.4) is 0 Å². The number of aliphatic hydroxyl groups is 1. The third-order valence-electron chi connectivity index (χ3n) is 3.92. The van der Waals surface area contributed by atoms with Gasteiger partial charge in [-0.2, -0.15) is 5.10 Å². The van der Waals surface area contributed by atoms with Gasteiger partial charge in [0, 0.05) is 24.4 Å². The summed E-state index contributed by atoms with van der Waals surface area (Å²) >= 11 is 1.63. The van der Waals surface area contributed by atoms with E-state index in [0.29, 0.717) is 18.9 Å². The molecule has 5 heteroatoms. The summed E-state index contributed by atoms with van der Waals surface area (Å²) in [7, 11) is 0. The number of aryl methyl sites for hydroxylation is 1. The van der Waals surface area contributed by atoms with Gasteiger partial charge in [-0.25, -0.2) is 4.98 Å². The van der Waals surface area contributed by atoms with Gasteiger partial charge in [0.2, 0.25) is 0 Å². The van der Waals surface area contributed by atoms with Crippen molar-refractivity contribution in [2.45, 2.75) is 57.6 Å². The minimum absolute atomic E-state index is 0.400. The van der Waals surface area contributed by atoms with Crippen LogP contribution in [0, 0.1) is 6.92 Å². The number of thiazole rings is 1. The lowest BCUT2D eigenvalue weighted by Crippen LogP contribution is -2.15. The van der Waals surface area contributed by atoms with Gasteiger partial charge in [-0.05, 0) is 25.8 Å². The van der Waals surface area contributed by atoms with Crippen molar-refractivity contribution >= 4 is 11.3 Å². The first-order valence-electron chi connectivity index (χ1n) is 7.34. The van der Waals surface area contributed by atoms with Crippen molar-refractivity contribution in [2.24, 2.45) is 0 Å². The second kappa shape index (κ2) is 6.06. The van der Waals surface area contributed by atoms with Gasteiger partial charge in [0.1, 0.15) is 0 Å². The van der Waals surface area contributed by atoms with Crippen LogP contribution in [0.1, 0.15) is 48.1 Å². The first-order chi connectivity index (χ1) is 9.70. The van der Waals surface area contributed by atoms with Crippen molar-refractivity contribution < 1.29 is 5.11 Å². The first kappa shape index (κ1) is 13.8. The van der Waals surface area contributed by atoms with Crippen molar-refractivity contribution in [3.63, 3.8) is 0 Å². The lowest BCUT2D eigenvalue weighted by atomic mass is 10.1. The molecular formula is C15H21N3OS. The zero-order chi connectivity index (χ0) is 13.9. The van der Waals surface area contributed by atoms with E-state index >= 15 is 0 Å². The molecule has 4 nitrogen and oxygen atoms in total. The first-order valence-corrected chi connectivity index (χ1v) is 8.22. The zero-order valence-electron chi connectivity index (χ0n) is 11.8. The van der Waals surface area contributed by atoms with Crippen LogP contribution in [-0.4, -0.2) is 26.0 Å². The molecule has 3 rings (SSSR count). The van der Waals surface area contributed by atoms with E-state index in [-0.39, 0.29) is 0 Å². The second-order valence-electron chi connectivity index (χ2n) is 5.65. The monoisotopic (exact) mass is 291 g/mol. The van der Waals surface area contributed by atoms with E-state index in [0.717, 1.165) is 16.4 Å². The maximum Gasteiger partial charge on any atom is 0.0897 e. The zero-order valence-corrected chi connectivity index (χ0v) is 12.6. The summed E-state index contributed by atoms with van der Waals surface area (Å²) < 4.78 is 2.09. The molecule has 108 valence electrons. The van der Waals surface area contributed by atoms with Gasteiger partial charge in [-0.3, -0.25) is 4.68 Å². The second-order valence-corrected chi connectivity index (χ2v) is 6.71. The Morgan fingerprint density at radius 1 is 1.35 bits per heavy atom. The number of hydrogen-bond donors (Lipinski definition) is 1. The third-order valence-corrected chi connectivity index (χ3v) is 4.74. The van der Waals surface area contributed by atoms with Crippen LogP contribution in [0.5, 0.6) is 0 Å². The number of rotatable bonds is 5. The molecule has 1 unspecified atom stereocenters. The molecule has 1 aliphatic carbocycles. The Hall–Kier alpha value is -1.20. The predicted molar refractivity (Wildman–Crippen MR) is 80.0 cm³/mol. The highest BCUT2D eigenvalue weighted by atomic mass is 32.1. The Morgan fingerprint density at radius 3 is 2.80 bits per heavy atom. The van der Waals surface area contributed by atoms with E-state index in [9.17, 15) is 5.11 Å². The standard InChI is InChI=1S/C15H21N3OS/c1-11-16-13(10-20-11)9-15(19)8-12-6-7-18(17-12)14-4-2-3-5-14/h6-7,10,14-15,19H,2-5,8-9H2,1H3. The summed E-state index contributed by atoms with van der Waals surface area (Å²) in [6, 6.07) is 2.61. The van der Waals surface area contributed by atoms with Crippen LogP contribution < -0.4 is 0 Å². The van der Waals surface area contributed by atoms with E-state index in [1.807, 2.05) is 18.4 Å². The quantitative estimate of drug-likeness (QED) is 0.921. The maximum absolute atomic E-state index is 10.2. The molecule has 0 radical (unpaired) electrons. The highest BCUT2D eigenvalue weighted by Gasteiger charge is 2.18. The fourth-order valence-electron chi connectivity index (χ4n) is 2.92. The molecule has 1 atom stereocenters. The Labute approximate surface area is 123 Å². The molecule has 0 saturated heterocycles. The molecule has 0 bridgehead atoms. The van der Waals surface area contributed by atoms with Crippen LogP contribution in [0.2, 0.25) is 0 Å². The predicted octanol–water partition coefficient (Wildman–Crippen LogP) is 2.91. The molecule has 0 aliphatic heterocycles. The van der Waals surface area contributed by atoms with Gasteiger partial charge < -0.3 is 5.11 Å². The maximum atomic E-state index is 10.2. The van der Waals surface area contributed by atoms with Crippen molar-refractivity contribution in [1.29, 1.82) is 0 Å². The lowest BCUT2D eigenvalue weighted by molar-refractivity contribution is 0.173. The average molecular weight is 291 g/mol. The number of aromatic nitrogens is 3. The van der Waals surface area contributed by atoms with Crippen molar-refractivity contribution in [1.82, 2.24) is 14.8 Å². The normalized spacial score (nSPS) is 17.7. The minimum Gasteiger partial charge on any atom is -0.392 e. The third kappa shape index (κ3) is 3.27. The Bertz CT molecular complexity index is 557. The van der Waals surface area contributed by atoms with Crippen LogP contribution in [0.15, 0.2) is 17.6 Å². The Balaban J connectivity index is 1.57. The van der Waals surface area contributed by atoms with Crippen molar-refractivity contribution in [3.8, 4) is 0 Å². The summed E-state index contributed by atoms with van der Waals surface area (Å²) in [5.74, 6) is 0. The van der Waals surface area contributed by atoms with E-state index in [1.165, 1.54) is 25.7 Å². The highest BCUT2D eigenvalue weighted by Crippen LogP contribution is 2.28. The molecule has 2 aromatic rings. The van der Waals surface area contributed by atoms with Crippen molar-refractivity contribution in [2.75, 3.05) is 0 Å². The highest BCUT2D eigenvalue weighted by molar-refractivity contribution is 7.09. The van der Waals surface area contributed by atoms with E-state index < -0.39 is 6.10 Å². The molecule has 1 saturated carbocycles. The number of hydrogen-bond acceptors (Lipinski definition) is 4. The summed E-state index contributed by atoms with van der Waals surface area (Å²) in [4.78, 5) is 4.39. The molecule has 1 N–H and O–H groups in total. The topological polar surface area (TPSA) is 50.9 Å². The number of nitrogens with zero attached hydrogens (tertiary/aromatic N) is 3. The van der Waals surface area contributed by atoms with Crippen LogP contribution in [-0.2, 0) is 12.8 Å². The molecule has 1 aliphatic rings. The van der Waals surface area contributed by atoms with Gasteiger partial charge in [0.15, 0.2) is 0 Å². The summed E-state index contributed by atoms with van der Waals surface area (Å²) in [6.45, 7) is 1.99. The molecule has 0 amide bonds. The molecule has 0 aromatic carbocycles. The SMILES string of the molecule is Cc1nc(CC(O)Cc2ccn(C3CCCC3)n2)cs1. The number of aliphatic hydroxyl groups excluding tert-OH is 1. The summed E-state index contributed by atoms with van der Waals surface area (Å²) in [6.07, 6.45) is 7.98. The van der Waals surface area contributed by atoms with E-state index in [4.69, 9.17) is 0 Å². The Kier molecular flexibility index (Phi) is 4.17. The smallest absolute Gasteiger partial charge is 0.0897 e. The molecule has 2 heterocycles. The van der Waals surface area contributed by atoms with Gasteiger partial charge >= 0.3 is 0 Å². The van der Waals surface area contributed by atoms with E-state index in [2.05, 4.69) is 21.0 Å². The van der Waals surface area contributed by atoms with Crippen LogP contribution >= 0.6 is 11.3 Å². The fraction of sp³-hybridized carbons (Fsp3) is 0.600. The summed E-state index contributed by atoms with van der Waals surface area (Å²) in [5.41, 5.74) is 1.96. The van der Waals surface area contributed by atoms with Crippen LogP contribution in [0.25, 0.3) is 0 Å². The van der Waals surface area contributed by atoms with Gasteiger partial charge in [-0.15, -0.1) is 11.3 Å². The van der Waals surface area contributed by atoms with E-state index in [1.54, 1.807) is 11.3 Å². The largest absolute Gasteiger partial charge is 0.392 e. The van der Waals surface area contributed by atoms with Crippen molar-refractivity contribution in [3.05, 3.63) is 34.0 Å². The molecular weight excluding hydrogens is 270 g/mol. The molecule has 2 aromatic heterocycles. The van der Waals surface area contributed by atoms with Gasteiger partial charge in [-0.1, -0.05) is 12.8 Å².